The number of halogens is 1. The van der Waals surface area contributed by atoms with E-state index in [9.17, 15) is 23.6 Å². The third-order valence-electron chi connectivity index (χ3n) is 8.85. The van der Waals surface area contributed by atoms with Gasteiger partial charge in [-0.25, -0.2) is 9.18 Å². The van der Waals surface area contributed by atoms with Gasteiger partial charge in [0, 0.05) is 36.7 Å². The van der Waals surface area contributed by atoms with Crippen LogP contribution in [0.2, 0.25) is 0 Å². The van der Waals surface area contributed by atoms with Gasteiger partial charge in [0.25, 0.3) is 5.56 Å². The molecule has 0 saturated heterocycles. The van der Waals surface area contributed by atoms with Crippen molar-refractivity contribution in [2.45, 2.75) is 96.7 Å². The second-order valence-corrected chi connectivity index (χ2v) is 14.6. The molecule has 0 radical (unpaired) electrons. The summed E-state index contributed by atoms with van der Waals surface area (Å²) in [6.07, 6.45) is 6.68. The standard InChI is InChI=1S/C40H49FN4O6/c1-9-22-50-30-20-16-26(17-21-30)12-11-13-31(42-36(47)32(10-2)44(8)38(49)51-39(3,4)5)37(48)45-25-40(6,7)34-33(45)24-28(35(46)43-34)23-27-14-18-29(41)19-15-27/h1,14-21,24,31-32H,10-13,22-23,25H2,2-8H3,(H,42,47)(H,43,46)/t31-,32-/m0/s1. The molecule has 3 amide bonds. The maximum atomic E-state index is 14.6. The van der Waals surface area contributed by atoms with Crippen LogP contribution in [0.15, 0.2) is 59.4 Å². The van der Waals surface area contributed by atoms with E-state index < -0.39 is 35.1 Å². The number of likely N-dealkylation sites (N-methyl/N-ethyl adjacent to an activating group) is 1. The van der Waals surface area contributed by atoms with Gasteiger partial charge in [-0.15, -0.1) is 6.42 Å². The molecule has 272 valence electrons. The Morgan fingerprint density at radius 3 is 2.35 bits per heavy atom. The number of nitrogens with one attached hydrogen (secondary N) is 2. The highest BCUT2D eigenvalue weighted by atomic mass is 19.1. The van der Waals surface area contributed by atoms with Crippen LogP contribution in [0.4, 0.5) is 14.9 Å². The van der Waals surface area contributed by atoms with E-state index in [1.54, 1.807) is 50.8 Å². The van der Waals surface area contributed by atoms with Gasteiger partial charge >= 0.3 is 6.09 Å². The van der Waals surface area contributed by atoms with Gasteiger partial charge < -0.3 is 24.7 Å². The molecule has 11 heteroatoms. The first kappa shape index (κ1) is 38.7. The predicted molar refractivity (Wildman–Crippen MR) is 195 cm³/mol. The zero-order chi connectivity index (χ0) is 37.5. The molecule has 1 aliphatic heterocycles. The molecule has 3 aromatic rings. The van der Waals surface area contributed by atoms with Crippen molar-refractivity contribution in [3.63, 3.8) is 0 Å². The quantitative estimate of drug-likeness (QED) is 0.215. The number of pyridine rings is 1. The summed E-state index contributed by atoms with van der Waals surface area (Å²) in [6.45, 7) is 11.4. The lowest BCUT2D eigenvalue weighted by Gasteiger charge is -2.31. The maximum absolute atomic E-state index is 14.6. The first-order valence-corrected chi connectivity index (χ1v) is 17.3. The average Bonchev–Trinajstić information content (AvgIpc) is 3.33. The van der Waals surface area contributed by atoms with Crippen molar-refractivity contribution in [3.8, 4) is 18.1 Å². The first-order chi connectivity index (χ1) is 24.0. The molecule has 1 aromatic heterocycles. The van der Waals surface area contributed by atoms with Crippen LogP contribution in [0.25, 0.3) is 0 Å². The van der Waals surface area contributed by atoms with E-state index >= 15 is 0 Å². The molecule has 2 heterocycles. The topological polar surface area (TPSA) is 121 Å². The van der Waals surface area contributed by atoms with Crippen molar-refractivity contribution >= 4 is 23.6 Å². The van der Waals surface area contributed by atoms with E-state index in [2.05, 4.69) is 16.2 Å². The minimum absolute atomic E-state index is 0.169. The second-order valence-electron chi connectivity index (χ2n) is 14.6. The number of carbonyl (C=O) groups is 3. The van der Waals surface area contributed by atoms with Crippen LogP contribution >= 0.6 is 0 Å². The van der Waals surface area contributed by atoms with Crippen LogP contribution in [-0.2, 0) is 32.6 Å². The fraction of sp³-hybridized carbons (Fsp3) is 0.450. The highest BCUT2D eigenvalue weighted by Crippen LogP contribution is 2.39. The lowest BCUT2D eigenvalue weighted by molar-refractivity contribution is -0.131. The number of fused-ring (bicyclic) bond motifs is 1. The number of hydrogen-bond donors (Lipinski definition) is 2. The van der Waals surface area contributed by atoms with Gasteiger partial charge in [0.1, 0.15) is 35.9 Å². The highest BCUT2D eigenvalue weighted by molar-refractivity contribution is 6.01. The number of carbonyl (C=O) groups excluding carboxylic acids is 3. The van der Waals surface area contributed by atoms with Crippen LogP contribution in [-0.4, -0.2) is 65.7 Å². The van der Waals surface area contributed by atoms with Gasteiger partial charge in [0.05, 0.1) is 5.69 Å². The molecule has 0 bridgehead atoms. The molecule has 1 aliphatic rings. The fourth-order valence-corrected chi connectivity index (χ4v) is 6.20. The zero-order valence-corrected chi connectivity index (χ0v) is 30.6. The Morgan fingerprint density at radius 1 is 1.10 bits per heavy atom. The number of benzene rings is 2. The minimum Gasteiger partial charge on any atom is -0.481 e. The largest absolute Gasteiger partial charge is 0.481 e. The third kappa shape index (κ3) is 10.00. The van der Waals surface area contributed by atoms with Gasteiger partial charge in [-0.3, -0.25) is 19.3 Å². The Hall–Kier alpha value is -5.11. The first-order valence-electron chi connectivity index (χ1n) is 17.3. The SMILES string of the molecule is C#CCOc1ccc(CCC[C@H](NC(=O)[C@H](CC)N(C)C(=O)OC(C)(C)C)C(=O)N2CC(C)(C)c3[nH]c(=O)c(Cc4ccc(F)cc4)cc32)cc1. The van der Waals surface area contributed by atoms with Crippen LogP contribution in [0.5, 0.6) is 5.75 Å². The molecule has 4 rings (SSSR count). The van der Waals surface area contributed by atoms with Crippen molar-refractivity contribution in [1.29, 1.82) is 0 Å². The Balaban J connectivity index is 1.61. The smallest absolute Gasteiger partial charge is 0.410 e. The second kappa shape index (κ2) is 16.3. The summed E-state index contributed by atoms with van der Waals surface area (Å²) < 4.78 is 24.5. The number of rotatable bonds is 13. The lowest BCUT2D eigenvalue weighted by Crippen LogP contribution is -2.55. The number of aryl methyl sites for hydroxylation is 1. The summed E-state index contributed by atoms with van der Waals surface area (Å²) in [5, 5.41) is 2.97. The van der Waals surface area contributed by atoms with E-state index in [4.69, 9.17) is 15.9 Å². The van der Waals surface area contributed by atoms with E-state index in [1.807, 2.05) is 38.1 Å². The number of nitrogens with zero attached hydrogens (tertiary/aromatic N) is 2. The summed E-state index contributed by atoms with van der Waals surface area (Å²) in [5.74, 6) is 1.92. The van der Waals surface area contributed by atoms with Gasteiger partial charge in [0.15, 0.2) is 0 Å². The third-order valence-corrected chi connectivity index (χ3v) is 8.85. The van der Waals surface area contributed by atoms with Gasteiger partial charge in [-0.1, -0.05) is 51.0 Å². The number of aromatic nitrogens is 1. The van der Waals surface area contributed by atoms with Gasteiger partial charge in [-0.05, 0) is 87.9 Å². The molecular weight excluding hydrogens is 651 g/mol. The predicted octanol–water partition coefficient (Wildman–Crippen LogP) is 5.89. The number of terminal acetylenes is 1. The van der Waals surface area contributed by atoms with Gasteiger partial charge in [-0.2, -0.15) is 0 Å². The highest BCUT2D eigenvalue weighted by Gasteiger charge is 2.42. The molecule has 2 atom stereocenters. The van der Waals surface area contributed by atoms with E-state index in [-0.39, 0.29) is 36.9 Å². The Kier molecular flexibility index (Phi) is 12.3. The number of amides is 3. The monoisotopic (exact) mass is 700 g/mol. The van der Waals surface area contributed by atoms with Crippen molar-refractivity contribution in [2.24, 2.45) is 0 Å². The molecule has 0 unspecified atom stereocenters. The van der Waals surface area contributed by atoms with Crippen molar-refractivity contribution < 1.29 is 28.2 Å². The molecule has 0 fully saturated rings. The minimum atomic E-state index is -0.939. The molecule has 0 spiro atoms. The number of aromatic amines is 1. The van der Waals surface area contributed by atoms with Crippen LogP contribution in [0, 0.1) is 18.2 Å². The molecule has 2 aromatic carbocycles. The van der Waals surface area contributed by atoms with Crippen molar-refractivity contribution in [2.75, 3.05) is 25.1 Å². The van der Waals surface area contributed by atoms with Crippen molar-refractivity contribution in [3.05, 3.63) is 93.2 Å². The molecule has 51 heavy (non-hydrogen) atoms. The van der Waals surface area contributed by atoms with Crippen molar-refractivity contribution in [1.82, 2.24) is 15.2 Å². The summed E-state index contributed by atoms with van der Waals surface area (Å²) >= 11 is 0. The van der Waals surface area contributed by atoms with Crippen LogP contribution < -0.4 is 20.5 Å². The number of H-pyrrole nitrogens is 1. The van der Waals surface area contributed by atoms with Crippen LogP contribution in [0.3, 0.4) is 0 Å². The van der Waals surface area contributed by atoms with E-state index in [0.717, 1.165) is 11.1 Å². The van der Waals surface area contributed by atoms with E-state index in [1.165, 1.54) is 24.1 Å². The number of hydrogen-bond acceptors (Lipinski definition) is 6. The van der Waals surface area contributed by atoms with Gasteiger partial charge in [0.2, 0.25) is 11.8 Å². The molecule has 10 nitrogen and oxygen atoms in total. The molecule has 0 saturated carbocycles. The summed E-state index contributed by atoms with van der Waals surface area (Å²) in [7, 11) is 1.51. The summed E-state index contributed by atoms with van der Waals surface area (Å²) in [5.41, 5.74) is 1.76. The number of ether oxygens (including phenoxy) is 2. The van der Waals surface area contributed by atoms with E-state index in [0.29, 0.717) is 48.4 Å². The molecule has 2 N–H and O–H groups in total. The molecular formula is C40H49FN4O6. The average molecular weight is 701 g/mol. The lowest BCUT2D eigenvalue weighted by atomic mass is 9.91. The Morgan fingerprint density at radius 2 is 1.75 bits per heavy atom. The number of anilines is 1. The van der Waals surface area contributed by atoms with Crippen LogP contribution in [0.1, 0.15) is 83.2 Å². The summed E-state index contributed by atoms with van der Waals surface area (Å²) in [4.78, 5) is 60.4. The molecule has 0 aliphatic carbocycles. The normalized spacial score (nSPS) is 14.5. The maximum Gasteiger partial charge on any atom is 0.410 e. The fourth-order valence-electron chi connectivity index (χ4n) is 6.20. The Bertz CT molecular complexity index is 1800. The summed E-state index contributed by atoms with van der Waals surface area (Å²) in [6, 6.07) is 13.4. The zero-order valence-electron chi connectivity index (χ0n) is 30.6. The Labute approximate surface area is 299 Å².